The van der Waals surface area contributed by atoms with Gasteiger partial charge in [-0.3, -0.25) is 4.98 Å². The van der Waals surface area contributed by atoms with Crippen molar-refractivity contribution < 1.29 is 5.11 Å². The molecular formula is C11H17NO. The van der Waals surface area contributed by atoms with Gasteiger partial charge in [-0.15, -0.1) is 0 Å². The van der Waals surface area contributed by atoms with Crippen LogP contribution >= 0.6 is 0 Å². The molecule has 0 aliphatic carbocycles. The fraction of sp³-hybridized carbons (Fsp3) is 0.545. The molecule has 2 nitrogen and oxygen atoms in total. The first-order chi connectivity index (χ1) is 5.99. The number of nitrogens with zero attached hydrogens (tertiary/aromatic N) is 1. The highest BCUT2D eigenvalue weighted by molar-refractivity contribution is 5.17. The Kier molecular flexibility index (Phi) is 3.04. The van der Waals surface area contributed by atoms with Crippen LogP contribution in [-0.4, -0.2) is 15.7 Å². The molecule has 0 fully saturated rings. The summed E-state index contributed by atoms with van der Waals surface area (Å²) in [6.45, 7) is 5.70. The Bertz CT molecular complexity index is 276. The highest BCUT2D eigenvalue weighted by Gasteiger charge is 2.12. The van der Waals surface area contributed by atoms with E-state index in [0.29, 0.717) is 0 Å². The molecule has 1 aromatic heterocycles. The Labute approximate surface area is 79.6 Å². The number of hydrogen-bond acceptors (Lipinski definition) is 2. The number of aliphatic hydroxyl groups is 1. The van der Waals surface area contributed by atoms with Crippen molar-refractivity contribution >= 4 is 0 Å². The molecule has 1 N–H and O–H groups in total. The maximum Gasteiger partial charge on any atom is 0.0595 e. The molecule has 1 heterocycles. The Morgan fingerprint density at radius 1 is 1.46 bits per heavy atom. The van der Waals surface area contributed by atoms with Crippen LogP contribution in [0, 0.1) is 6.92 Å². The lowest BCUT2D eigenvalue weighted by Crippen LogP contribution is -2.19. The van der Waals surface area contributed by atoms with Crippen molar-refractivity contribution in [2.24, 2.45) is 0 Å². The van der Waals surface area contributed by atoms with Crippen molar-refractivity contribution in [1.82, 2.24) is 4.98 Å². The van der Waals surface area contributed by atoms with Gasteiger partial charge in [0.25, 0.3) is 0 Å². The van der Waals surface area contributed by atoms with Crippen LogP contribution in [0.3, 0.4) is 0 Å². The lowest BCUT2D eigenvalue weighted by molar-refractivity contribution is 0.0711. The van der Waals surface area contributed by atoms with Gasteiger partial charge in [-0.25, -0.2) is 0 Å². The molecule has 1 rings (SSSR count). The van der Waals surface area contributed by atoms with E-state index in [9.17, 15) is 5.11 Å². The van der Waals surface area contributed by atoms with Crippen LogP contribution in [0.25, 0.3) is 0 Å². The summed E-state index contributed by atoms with van der Waals surface area (Å²) in [6.07, 6.45) is 3.40. The third-order valence-corrected chi connectivity index (χ3v) is 2.09. The van der Waals surface area contributed by atoms with E-state index < -0.39 is 5.60 Å². The summed E-state index contributed by atoms with van der Waals surface area (Å²) in [5.41, 5.74) is 1.70. The number of aryl methyl sites for hydroxylation is 2. The van der Waals surface area contributed by atoms with Gasteiger partial charge in [-0.05, 0) is 45.2 Å². The molecule has 0 amide bonds. The minimum absolute atomic E-state index is 0.593. The lowest BCUT2D eigenvalue weighted by atomic mass is 10.00. The topological polar surface area (TPSA) is 33.1 Å². The van der Waals surface area contributed by atoms with Crippen LogP contribution in [0.15, 0.2) is 18.3 Å². The van der Waals surface area contributed by atoms with Gasteiger partial charge in [0.05, 0.1) is 5.60 Å². The molecule has 0 saturated heterocycles. The molecule has 2 heteroatoms. The standard InChI is InChI=1S/C11H17NO/c1-9-5-4-8-12-10(9)6-7-11(2,3)13/h4-5,8,13H,6-7H2,1-3H3. The predicted octanol–water partition coefficient (Wildman–Crippen LogP) is 2.09. The monoisotopic (exact) mass is 179 g/mol. The summed E-state index contributed by atoms with van der Waals surface area (Å²) in [5, 5.41) is 9.54. The Balaban J connectivity index is 2.60. The molecule has 0 bridgehead atoms. The lowest BCUT2D eigenvalue weighted by Gasteiger charge is -2.16. The van der Waals surface area contributed by atoms with Gasteiger partial charge in [0.1, 0.15) is 0 Å². The molecular weight excluding hydrogens is 162 g/mol. The van der Waals surface area contributed by atoms with Gasteiger partial charge < -0.3 is 5.11 Å². The van der Waals surface area contributed by atoms with Crippen molar-refractivity contribution in [3.8, 4) is 0 Å². The number of hydrogen-bond donors (Lipinski definition) is 1. The van der Waals surface area contributed by atoms with Gasteiger partial charge in [-0.2, -0.15) is 0 Å². The number of pyridine rings is 1. The second-order valence-electron chi connectivity index (χ2n) is 4.08. The van der Waals surface area contributed by atoms with Gasteiger partial charge in [0.2, 0.25) is 0 Å². The SMILES string of the molecule is Cc1cccnc1CCC(C)(C)O. The van der Waals surface area contributed by atoms with Crippen LogP contribution < -0.4 is 0 Å². The van der Waals surface area contributed by atoms with E-state index in [4.69, 9.17) is 0 Å². The summed E-state index contributed by atoms with van der Waals surface area (Å²) in [5.74, 6) is 0. The zero-order valence-electron chi connectivity index (χ0n) is 8.54. The second-order valence-corrected chi connectivity index (χ2v) is 4.08. The Morgan fingerprint density at radius 3 is 2.69 bits per heavy atom. The van der Waals surface area contributed by atoms with Crippen molar-refractivity contribution in [2.75, 3.05) is 0 Å². The molecule has 0 aromatic carbocycles. The molecule has 0 unspecified atom stereocenters. The number of aromatic nitrogens is 1. The molecule has 0 atom stereocenters. The summed E-state index contributed by atoms with van der Waals surface area (Å²) in [4.78, 5) is 4.27. The molecule has 72 valence electrons. The molecule has 1 aromatic rings. The smallest absolute Gasteiger partial charge is 0.0595 e. The van der Waals surface area contributed by atoms with E-state index in [-0.39, 0.29) is 0 Å². The summed E-state index contributed by atoms with van der Waals surface area (Å²) < 4.78 is 0. The van der Waals surface area contributed by atoms with Crippen LogP contribution in [0.1, 0.15) is 31.5 Å². The average Bonchev–Trinajstić information content (AvgIpc) is 2.01. The van der Waals surface area contributed by atoms with Crippen molar-refractivity contribution in [3.05, 3.63) is 29.6 Å². The average molecular weight is 179 g/mol. The van der Waals surface area contributed by atoms with Crippen molar-refractivity contribution in [3.63, 3.8) is 0 Å². The van der Waals surface area contributed by atoms with E-state index in [2.05, 4.69) is 4.98 Å². The molecule has 13 heavy (non-hydrogen) atoms. The van der Waals surface area contributed by atoms with Crippen LogP contribution in [-0.2, 0) is 6.42 Å². The largest absolute Gasteiger partial charge is 0.390 e. The minimum atomic E-state index is -0.593. The first kappa shape index (κ1) is 10.2. The fourth-order valence-electron chi connectivity index (χ4n) is 1.20. The van der Waals surface area contributed by atoms with Crippen LogP contribution in [0.5, 0.6) is 0 Å². The van der Waals surface area contributed by atoms with Gasteiger partial charge in [-0.1, -0.05) is 6.07 Å². The maximum absolute atomic E-state index is 9.54. The van der Waals surface area contributed by atoms with Crippen LogP contribution in [0.4, 0.5) is 0 Å². The van der Waals surface area contributed by atoms with E-state index in [1.807, 2.05) is 32.9 Å². The van der Waals surface area contributed by atoms with E-state index in [1.54, 1.807) is 6.20 Å². The summed E-state index contributed by atoms with van der Waals surface area (Å²) >= 11 is 0. The van der Waals surface area contributed by atoms with E-state index in [1.165, 1.54) is 5.56 Å². The predicted molar refractivity (Wildman–Crippen MR) is 53.6 cm³/mol. The highest BCUT2D eigenvalue weighted by Crippen LogP contribution is 2.13. The van der Waals surface area contributed by atoms with Gasteiger partial charge >= 0.3 is 0 Å². The molecule has 0 saturated carbocycles. The van der Waals surface area contributed by atoms with Crippen molar-refractivity contribution in [1.29, 1.82) is 0 Å². The third kappa shape index (κ3) is 3.55. The molecule has 0 radical (unpaired) electrons. The zero-order valence-corrected chi connectivity index (χ0v) is 8.54. The quantitative estimate of drug-likeness (QED) is 0.770. The first-order valence-electron chi connectivity index (χ1n) is 4.62. The third-order valence-electron chi connectivity index (χ3n) is 2.09. The zero-order chi connectivity index (χ0) is 9.90. The summed E-state index contributed by atoms with van der Waals surface area (Å²) in [7, 11) is 0. The Hall–Kier alpha value is -0.890. The van der Waals surface area contributed by atoms with Crippen LogP contribution in [0.2, 0.25) is 0 Å². The molecule has 0 aliphatic heterocycles. The Morgan fingerprint density at radius 2 is 2.15 bits per heavy atom. The normalized spacial score (nSPS) is 11.7. The van der Waals surface area contributed by atoms with E-state index >= 15 is 0 Å². The van der Waals surface area contributed by atoms with Gasteiger partial charge in [0, 0.05) is 11.9 Å². The van der Waals surface area contributed by atoms with Crippen molar-refractivity contribution in [2.45, 2.75) is 39.2 Å². The molecule has 0 aliphatic rings. The second kappa shape index (κ2) is 3.88. The summed E-state index contributed by atoms with van der Waals surface area (Å²) in [6, 6.07) is 3.98. The fourth-order valence-corrected chi connectivity index (χ4v) is 1.20. The highest BCUT2D eigenvalue weighted by atomic mass is 16.3. The maximum atomic E-state index is 9.54. The first-order valence-corrected chi connectivity index (χ1v) is 4.62. The van der Waals surface area contributed by atoms with E-state index in [0.717, 1.165) is 18.5 Å². The molecule has 0 spiro atoms. The minimum Gasteiger partial charge on any atom is -0.390 e. The van der Waals surface area contributed by atoms with Gasteiger partial charge in [0.15, 0.2) is 0 Å². The number of rotatable bonds is 3.